The van der Waals surface area contributed by atoms with Gasteiger partial charge in [-0.25, -0.2) is 0 Å². The smallest absolute Gasteiger partial charge is 0.169 e. The van der Waals surface area contributed by atoms with Gasteiger partial charge >= 0.3 is 0 Å². The summed E-state index contributed by atoms with van der Waals surface area (Å²) in [5, 5.41) is 3.28. The van der Waals surface area contributed by atoms with Crippen molar-refractivity contribution in [2.45, 2.75) is 19.9 Å². The van der Waals surface area contributed by atoms with Gasteiger partial charge in [-0.15, -0.1) is 0 Å². The zero-order valence-electron chi connectivity index (χ0n) is 10.3. The monoisotopic (exact) mass is 293 g/mol. The number of halogens is 1. The molecule has 1 aromatic carbocycles. The predicted molar refractivity (Wildman–Crippen MR) is 73.2 cm³/mol. The number of benzene rings is 1. The molecule has 90 valence electrons. The van der Waals surface area contributed by atoms with Crippen molar-refractivity contribution in [2.24, 2.45) is 0 Å². The molecular formula is C14H16BrNO. The van der Waals surface area contributed by atoms with Crippen LogP contribution in [0.25, 0.3) is 0 Å². The summed E-state index contributed by atoms with van der Waals surface area (Å²) in [5.74, 6) is 0.919. The van der Waals surface area contributed by atoms with Gasteiger partial charge in [0.05, 0.1) is 6.04 Å². The summed E-state index contributed by atoms with van der Waals surface area (Å²) in [6, 6.07) is 10.5. The first kappa shape index (κ1) is 12.4. The van der Waals surface area contributed by atoms with Crippen LogP contribution >= 0.6 is 15.9 Å². The molecule has 1 N–H and O–H groups in total. The molecular weight excluding hydrogens is 278 g/mol. The molecule has 0 aliphatic rings. The highest BCUT2D eigenvalue weighted by atomic mass is 79.9. The summed E-state index contributed by atoms with van der Waals surface area (Å²) in [4.78, 5) is 0. The maximum Gasteiger partial charge on any atom is 0.169 e. The van der Waals surface area contributed by atoms with Crippen LogP contribution in [0.1, 0.15) is 28.5 Å². The highest BCUT2D eigenvalue weighted by Gasteiger charge is 2.15. The van der Waals surface area contributed by atoms with Crippen LogP contribution in [-0.2, 0) is 0 Å². The number of rotatable bonds is 3. The fourth-order valence-corrected chi connectivity index (χ4v) is 2.22. The van der Waals surface area contributed by atoms with E-state index in [-0.39, 0.29) is 6.04 Å². The van der Waals surface area contributed by atoms with Crippen molar-refractivity contribution in [3.05, 3.63) is 57.5 Å². The van der Waals surface area contributed by atoms with E-state index in [4.69, 9.17) is 4.42 Å². The van der Waals surface area contributed by atoms with Gasteiger partial charge in [0.25, 0.3) is 0 Å². The topological polar surface area (TPSA) is 25.2 Å². The van der Waals surface area contributed by atoms with E-state index in [9.17, 15) is 0 Å². The first-order valence-corrected chi connectivity index (χ1v) is 6.40. The fraction of sp³-hybridized carbons (Fsp3) is 0.286. The van der Waals surface area contributed by atoms with Crippen molar-refractivity contribution in [3.8, 4) is 0 Å². The number of nitrogens with one attached hydrogen (secondary N) is 1. The van der Waals surface area contributed by atoms with Gasteiger partial charge in [-0.3, -0.25) is 0 Å². The summed E-state index contributed by atoms with van der Waals surface area (Å²) in [6.45, 7) is 4.25. The van der Waals surface area contributed by atoms with E-state index in [0.717, 1.165) is 10.4 Å². The Labute approximate surface area is 110 Å². The molecule has 0 radical (unpaired) electrons. The van der Waals surface area contributed by atoms with Gasteiger partial charge < -0.3 is 9.73 Å². The van der Waals surface area contributed by atoms with Crippen LogP contribution in [-0.4, -0.2) is 7.05 Å². The Morgan fingerprint density at radius 1 is 1.12 bits per heavy atom. The second-order valence-electron chi connectivity index (χ2n) is 4.21. The third-order valence-corrected chi connectivity index (χ3v) is 3.46. The number of aryl methyl sites for hydroxylation is 2. The van der Waals surface area contributed by atoms with Crippen molar-refractivity contribution < 1.29 is 4.42 Å². The molecule has 0 aliphatic carbocycles. The molecule has 1 aromatic heterocycles. The summed E-state index contributed by atoms with van der Waals surface area (Å²) in [6.07, 6.45) is 0. The molecule has 1 atom stereocenters. The molecule has 0 saturated heterocycles. The normalized spacial score (nSPS) is 12.7. The van der Waals surface area contributed by atoms with Gasteiger partial charge in [0.1, 0.15) is 5.76 Å². The first-order chi connectivity index (χ1) is 8.11. The lowest BCUT2D eigenvalue weighted by atomic mass is 10.00. The van der Waals surface area contributed by atoms with Crippen LogP contribution in [0.4, 0.5) is 0 Å². The van der Waals surface area contributed by atoms with Crippen molar-refractivity contribution >= 4 is 15.9 Å². The van der Waals surface area contributed by atoms with E-state index in [1.807, 2.05) is 19.2 Å². The zero-order valence-corrected chi connectivity index (χ0v) is 11.8. The van der Waals surface area contributed by atoms with Gasteiger partial charge in [-0.05, 0) is 65.6 Å². The van der Waals surface area contributed by atoms with E-state index in [1.165, 1.54) is 16.7 Å². The van der Waals surface area contributed by atoms with Crippen molar-refractivity contribution in [3.63, 3.8) is 0 Å². The molecule has 0 aliphatic heterocycles. The SMILES string of the molecule is CNC(c1ccc(C)c(C)c1)c1ccc(Br)o1. The van der Waals surface area contributed by atoms with Crippen LogP contribution in [0.3, 0.4) is 0 Å². The van der Waals surface area contributed by atoms with Crippen molar-refractivity contribution in [1.82, 2.24) is 5.32 Å². The summed E-state index contributed by atoms with van der Waals surface area (Å²) in [5.41, 5.74) is 3.83. The van der Waals surface area contributed by atoms with Gasteiger partial charge in [0, 0.05) is 0 Å². The number of furan rings is 1. The Morgan fingerprint density at radius 2 is 1.88 bits per heavy atom. The molecule has 17 heavy (non-hydrogen) atoms. The zero-order chi connectivity index (χ0) is 12.4. The van der Waals surface area contributed by atoms with Crippen LogP contribution in [0.2, 0.25) is 0 Å². The second-order valence-corrected chi connectivity index (χ2v) is 4.99. The van der Waals surface area contributed by atoms with Crippen molar-refractivity contribution in [2.75, 3.05) is 7.05 Å². The maximum absolute atomic E-state index is 5.62. The van der Waals surface area contributed by atoms with E-state index < -0.39 is 0 Å². The van der Waals surface area contributed by atoms with Crippen LogP contribution in [0.15, 0.2) is 39.4 Å². The minimum Gasteiger partial charge on any atom is -0.452 e. The van der Waals surface area contributed by atoms with Crippen LogP contribution in [0, 0.1) is 13.8 Å². The average molecular weight is 294 g/mol. The highest BCUT2D eigenvalue weighted by molar-refractivity contribution is 9.10. The Balaban J connectivity index is 2.38. The van der Waals surface area contributed by atoms with E-state index in [1.54, 1.807) is 0 Å². The van der Waals surface area contributed by atoms with Crippen molar-refractivity contribution in [1.29, 1.82) is 0 Å². The lowest BCUT2D eigenvalue weighted by Gasteiger charge is -2.15. The maximum atomic E-state index is 5.62. The summed E-state index contributed by atoms with van der Waals surface area (Å²) >= 11 is 3.33. The first-order valence-electron chi connectivity index (χ1n) is 5.61. The quantitative estimate of drug-likeness (QED) is 0.926. The molecule has 3 heteroatoms. The second kappa shape index (κ2) is 5.07. The molecule has 1 unspecified atom stereocenters. The Morgan fingerprint density at radius 3 is 2.41 bits per heavy atom. The van der Waals surface area contributed by atoms with Gasteiger partial charge in [0.2, 0.25) is 0 Å². The highest BCUT2D eigenvalue weighted by Crippen LogP contribution is 2.26. The third-order valence-electron chi connectivity index (χ3n) is 3.03. The lowest BCUT2D eigenvalue weighted by Crippen LogP contribution is -2.17. The van der Waals surface area contributed by atoms with Crippen LogP contribution < -0.4 is 5.32 Å². The minimum atomic E-state index is 0.0978. The number of hydrogen-bond donors (Lipinski definition) is 1. The fourth-order valence-electron chi connectivity index (χ4n) is 1.90. The van der Waals surface area contributed by atoms with Crippen LogP contribution in [0.5, 0.6) is 0 Å². The van der Waals surface area contributed by atoms with Gasteiger partial charge in [0.15, 0.2) is 4.67 Å². The largest absolute Gasteiger partial charge is 0.452 e. The third kappa shape index (κ3) is 2.61. The van der Waals surface area contributed by atoms with Gasteiger partial charge in [-0.2, -0.15) is 0 Å². The van der Waals surface area contributed by atoms with E-state index in [0.29, 0.717) is 0 Å². The Hall–Kier alpha value is -1.06. The molecule has 0 spiro atoms. The van der Waals surface area contributed by atoms with Gasteiger partial charge in [-0.1, -0.05) is 18.2 Å². The lowest BCUT2D eigenvalue weighted by molar-refractivity contribution is 0.447. The predicted octanol–water partition coefficient (Wildman–Crippen LogP) is 3.97. The molecule has 2 aromatic rings. The summed E-state index contributed by atoms with van der Waals surface area (Å²) < 4.78 is 6.38. The molecule has 0 bridgehead atoms. The Bertz CT molecular complexity index is 519. The molecule has 0 saturated carbocycles. The molecule has 1 heterocycles. The van der Waals surface area contributed by atoms with E-state index in [2.05, 4.69) is 53.3 Å². The molecule has 2 rings (SSSR count). The average Bonchev–Trinajstić information content (AvgIpc) is 2.71. The Kier molecular flexibility index (Phi) is 3.69. The molecule has 0 amide bonds. The van der Waals surface area contributed by atoms with E-state index >= 15 is 0 Å². The molecule has 2 nitrogen and oxygen atoms in total. The molecule has 0 fully saturated rings. The number of hydrogen-bond acceptors (Lipinski definition) is 2. The minimum absolute atomic E-state index is 0.0978. The summed E-state index contributed by atoms with van der Waals surface area (Å²) in [7, 11) is 1.94. The standard InChI is InChI=1S/C14H16BrNO/c1-9-4-5-11(8-10(9)2)14(16-3)12-6-7-13(15)17-12/h4-8,14,16H,1-3H3.